The summed E-state index contributed by atoms with van der Waals surface area (Å²) >= 11 is 5.44. The fraction of sp³-hybridized carbons (Fsp3) is 0.385. The molecule has 0 bridgehead atoms. The van der Waals surface area contributed by atoms with Gasteiger partial charge < -0.3 is 10.2 Å². The second kappa shape index (κ2) is 5.87. The van der Waals surface area contributed by atoms with E-state index in [9.17, 15) is 9.59 Å². The Morgan fingerprint density at radius 2 is 2.22 bits per heavy atom. The molecule has 1 aromatic carbocycles. The van der Waals surface area contributed by atoms with Gasteiger partial charge in [0.1, 0.15) is 5.88 Å². The summed E-state index contributed by atoms with van der Waals surface area (Å²) in [5.74, 6) is -0.187. The van der Waals surface area contributed by atoms with E-state index in [1.54, 1.807) is 17.0 Å². The summed E-state index contributed by atoms with van der Waals surface area (Å²) in [5, 5.41) is 2.68. The number of rotatable bonds is 3. The van der Waals surface area contributed by atoms with Crippen LogP contribution in [0.25, 0.3) is 0 Å². The summed E-state index contributed by atoms with van der Waals surface area (Å²) in [5.41, 5.74) is 1.49. The Labute approximate surface area is 111 Å². The van der Waals surface area contributed by atoms with Gasteiger partial charge in [-0.2, -0.15) is 0 Å². The number of benzene rings is 1. The molecule has 1 fully saturated rings. The molecule has 1 N–H and O–H groups in total. The van der Waals surface area contributed by atoms with Crippen molar-refractivity contribution >= 4 is 34.8 Å². The maximum atomic E-state index is 11.8. The lowest BCUT2D eigenvalue weighted by Crippen LogP contribution is -2.35. The number of halogens is 1. The molecule has 1 aliphatic heterocycles. The lowest BCUT2D eigenvalue weighted by atomic mass is 10.1. The van der Waals surface area contributed by atoms with E-state index >= 15 is 0 Å². The first-order chi connectivity index (χ1) is 8.70. The van der Waals surface area contributed by atoms with Crippen molar-refractivity contribution in [1.82, 2.24) is 0 Å². The molecule has 0 saturated carbocycles. The van der Waals surface area contributed by atoms with Crippen molar-refractivity contribution in [3.8, 4) is 0 Å². The molecular formula is C13H15ClN2O2. The van der Waals surface area contributed by atoms with Crippen LogP contribution >= 0.6 is 11.6 Å². The smallest absolute Gasteiger partial charge is 0.239 e. The molecular weight excluding hydrogens is 252 g/mol. The van der Waals surface area contributed by atoms with Crippen LogP contribution in [0.5, 0.6) is 0 Å². The fourth-order valence-corrected chi connectivity index (χ4v) is 2.09. The lowest BCUT2D eigenvalue weighted by Gasteiger charge is -2.27. The van der Waals surface area contributed by atoms with Gasteiger partial charge in [-0.05, 0) is 31.0 Å². The van der Waals surface area contributed by atoms with Crippen molar-refractivity contribution in [2.75, 3.05) is 22.6 Å². The summed E-state index contributed by atoms with van der Waals surface area (Å²) in [6, 6.07) is 7.27. The Morgan fingerprint density at radius 1 is 1.39 bits per heavy atom. The van der Waals surface area contributed by atoms with E-state index < -0.39 is 0 Å². The van der Waals surface area contributed by atoms with Crippen molar-refractivity contribution in [3.05, 3.63) is 24.3 Å². The first-order valence-electron chi connectivity index (χ1n) is 5.97. The molecule has 1 saturated heterocycles. The number of anilines is 2. The highest BCUT2D eigenvalue weighted by Gasteiger charge is 2.19. The van der Waals surface area contributed by atoms with E-state index in [0.717, 1.165) is 25.1 Å². The molecule has 2 rings (SSSR count). The minimum absolute atomic E-state index is 0.0765. The molecule has 18 heavy (non-hydrogen) atoms. The van der Waals surface area contributed by atoms with Crippen LogP contribution in [-0.4, -0.2) is 24.2 Å². The Morgan fingerprint density at radius 3 is 2.94 bits per heavy atom. The second-order valence-corrected chi connectivity index (χ2v) is 4.50. The van der Waals surface area contributed by atoms with Crippen LogP contribution in [0, 0.1) is 0 Å². The highest BCUT2D eigenvalue weighted by atomic mass is 35.5. The number of nitrogens with zero attached hydrogens (tertiary/aromatic N) is 1. The highest BCUT2D eigenvalue weighted by Crippen LogP contribution is 2.23. The minimum Gasteiger partial charge on any atom is -0.325 e. The second-order valence-electron chi connectivity index (χ2n) is 4.23. The SMILES string of the molecule is O=C(CCl)Nc1cccc(N2CCCCC2=O)c1. The number of carbonyl (C=O) groups is 2. The molecule has 4 nitrogen and oxygen atoms in total. The third-order valence-corrected chi connectivity index (χ3v) is 3.13. The number of amides is 2. The minimum atomic E-state index is -0.251. The van der Waals surface area contributed by atoms with Crippen LogP contribution in [0.3, 0.4) is 0 Å². The zero-order chi connectivity index (χ0) is 13.0. The quantitative estimate of drug-likeness (QED) is 0.854. The maximum absolute atomic E-state index is 11.8. The molecule has 0 unspecified atom stereocenters. The van der Waals surface area contributed by atoms with E-state index in [1.165, 1.54) is 0 Å². The van der Waals surface area contributed by atoms with Crippen LogP contribution in [0.4, 0.5) is 11.4 Å². The number of nitrogens with one attached hydrogen (secondary N) is 1. The van der Waals surface area contributed by atoms with Gasteiger partial charge >= 0.3 is 0 Å². The number of hydrogen-bond acceptors (Lipinski definition) is 2. The largest absolute Gasteiger partial charge is 0.325 e. The van der Waals surface area contributed by atoms with Gasteiger partial charge in [0.25, 0.3) is 0 Å². The van der Waals surface area contributed by atoms with Crippen LogP contribution in [0.2, 0.25) is 0 Å². The summed E-state index contributed by atoms with van der Waals surface area (Å²) in [6.45, 7) is 0.742. The molecule has 0 atom stereocenters. The molecule has 0 radical (unpaired) electrons. The molecule has 0 aromatic heterocycles. The molecule has 1 heterocycles. The van der Waals surface area contributed by atoms with Crippen molar-refractivity contribution < 1.29 is 9.59 Å². The van der Waals surface area contributed by atoms with Gasteiger partial charge in [0.15, 0.2) is 0 Å². The zero-order valence-corrected chi connectivity index (χ0v) is 10.7. The lowest BCUT2D eigenvalue weighted by molar-refractivity contribution is -0.119. The maximum Gasteiger partial charge on any atom is 0.239 e. The zero-order valence-electron chi connectivity index (χ0n) is 9.99. The van der Waals surface area contributed by atoms with Gasteiger partial charge in [-0.1, -0.05) is 6.07 Å². The van der Waals surface area contributed by atoms with Gasteiger partial charge in [0, 0.05) is 24.3 Å². The topological polar surface area (TPSA) is 49.4 Å². The summed E-state index contributed by atoms with van der Waals surface area (Å²) in [6.07, 6.45) is 2.57. The van der Waals surface area contributed by atoms with Gasteiger partial charge in [-0.25, -0.2) is 0 Å². The summed E-state index contributed by atoms with van der Waals surface area (Å²) < 4.78 is 0. The third-order valence-electron chi connectivity index (χ3n) is 2.89. The van der Waals surface area contributed by atoms with Crippen molar-refractivity contribution in [1.29, 1.82) is 0 Å². The molecule has 0 aliphatic carbocycles. The third kappa shape index (κ3) is 3.01. The summed E-state index contributed by atoms with van der Waals surface area (Å²) in [4.78, 5) is 24.8. The molecule has 2 amide bonds. The molecule has 1 aromatic rings. The van der Waals surface area contributed by atoms with Crippen LogP contribution < -0.4 is 10.2 Å². The predicted octanol–water partition coefficient (Wildman–Crippen LogP) is 2.38. The number of carbonyl (C=O) groups excluding carboxylic acids is 2. The predicted molar refractivity (Wildman–Crippen MR) is 72.0 cm³/mol. The van der Waals surface area contributed by atoms with Crippen LogP contribution in [0.15, 0.2) is 24.3 Å². The van der Waals surface area contributed by atoms with Gasteiger partial charge in [0.2, 0.25) is 11.8 Å². The first-order valence-corrected chi connectivity index (χ1v) is 6.50. The molecule has 1 aliphatic rings. The Kier molecular flexibility index (Phi) is 4.20. The monoisotopic (exact) mass is 266 g/mol. The van der Waals surface area contributed by atoms with E-state index in [1.807, 2.05) is 12.1 Å². The van der Waals surface area contributed by atoms with Gasteiger partial charge in [-0.3, -0.25) is 9.59 Å². The van der Waals surface area contributed by atoms with Crippen LogP contribution in [0.1, 0.15) is 19.3 Å². The number of hydrogen-bond donors (Lipinski definition) is 1. The van der Waals surface area contributed by atoms with E-state index in [2.05, 4.69) is 5.32 Å². The molecule has 0 spiro atoms. The van der Waals surface area contributed by atoms with E-state index in [0.29, 0.717) is 12.1 Å². The number of alkyl halides is 1. The Balaban J connectivity index is 2.15. The number of piperidine rings is 1. The average Bonchev–Trinajstić information content (AvgIpc) is 2.39. The average molecular weight is 267 g/mol. The van der Waals surface area contributed by atoms with Crippen LogP contribution in [-0.2, 0) is 9.59 Å². The van der Waals surface area contributed by atoms with Gasteiger partial charge in [0.05, 0.1) is 0 Å². The van der Waals surface area contributed by atoms with Crippen molar-refractivity contribution in [2.24, 2.45) is 0 Å². The standard InChI is InChI=1S/C13H15ClN2O2/c14-9-12(17)15-10-4-3-5-11(8-10)16-7-2-1-6-13(16)18/h3-5,8H,1-2,6-7,9H2,(H,15,17). The Hall–Kier alpha value is -1.55. The van der Waals surface area contributed by atoms with Crippen molar-refractivity contribution in [2.45, 2.75) is 19.3 Å². The fourth-order valence-electron chi connectivity index (χ4n) is 2.02. The molecule has 5 heteroatoms. The van der Waals surface area contributed by atoms with E-state index in [4.69, 9.17) is 11.6 Å². The first kappa shape index (κ1) is 12.9. The normalized spacial score (nSPS) is 15.6. The highest BCUT2D eigenvalue weighted by molar-refractivity contribution is 6.29. The van der Waals surface area contributed by atoms with E-state index in [-0.39, 0.29) is 17.7 Å². The molecule has 96 valence electrons. The van der Waals surface area contributed by atoms with Crippen molar-refractivity contribution in [3.63, 3.8) is 0 Å². The van der Waals surface area contributed by atoms with Gasteiger partial charge in [-0.15, -0.1) is 11.6 Å². The Bertz CT molecular complexity index is 462. The summed E-state index contributed by atoms with van der Waals surface area (Å²) in [7, 11) is 0.